The highest BCUT2D eigenvalue weighted by molar-refractivity contribution is 5.94. The minimum atomic E-state index is -1.00. The van der Waals surface area contributed by atoms with E-state index >= 15 is 0 Å². The summed E-state index contributed by atoms with van der Waals surface area (Å²) in [6.07, 6.45) is 0. The third kappa shape index (κ3) is 4.08. The number of nitrogens with zero attached hydrogens (tertiary/aromatic N) is 4. The molecule has 0 radical (unpaired) electrons. The summed E-state index contributed by atoms with van der Waals surface area (Å²) in [7, 11) is 1.76. The van der Waals surface area contributed by atoms with Crippen molar-refractivity contribution in [2.24, 2.45) is 18.9 Å². The number of fused-ring (bicyclic) bond motifs is 2. The number of carboxylic acids is 1. The summed E-state index contributed by atoms with van der Waals surface area (Å²) in [5.41, 5.74) is 2.98. The maximum atomic E-state index is 13.5. The molecule has 1 unspecified atom stereocenters. The molecule has 2 N–H and O–H groups in total. The Morgan fingerprint density at radius 1 is 1.11 bits per heavy atom. The second-order valence-corrected chi connectivity index (χ2v) is 10.1. The van der Waals surface area contributed by atoms with E-state index in [0.29, 0.717) is 34.4 Å². The number of likely N-dealkylation sites (tertiary alicyclic amines) is 1. The van der Waals surface area contributed by atoms with E-state index in [1.807, 2.05) is 30.9 Å². The number of carboxylic acid groups (broad SMARTS) is 1. The van der Waals surface area contributed by atoms with Gasteiger partial charge in [-0.05, 0) is 37.6 Å². The fourth-order valence-electron chi connectivity index (χ4n) is 5.67. The van der Waals surface area contributed by atoms with E-state index in [9.17, 15) is 19.5 Å². The van der Waals surface area contributed by atoms with Gasteiger partial charge >= 0.3 is 5.97 Å². The van der Waals surface area contributed by atoms with Crippen molar-refractivity contribution >= 4 is 34.4 Å². The van der Waals surface area contributed by atoms with Gasteiger partial charge < -0.3 is 20.2 Å². The van der Waals surface area contributed by atoms with E-state index in [1.165, 1.54) is 0 Å². The molecule has 2 aromatic carbocycles. The lowest BCUT2D eigenvalue weighted by atomic mass is 10.0. The van der Waals surface area contributed by atoms with Gasteiger partial charge in [0.1, 0.15) is 0 Å². The van der Waals surface area contributed by atoms with Crippen molar-refractivity contribution < 1.29 is 14.7 Å². The van der Waals surface area contributed by atoms with Gasteiger partial charge in [0, 0.05) is 63.2 Å². The second kappa shape index (κ2) is 8.96. The lowest BCUT2D eigenvalue weighted by Gasteiger charge is -2.25. The Morgan fingerprint density at radius 3 is 2.42 bits per heavy atom. The van der Waals surface area contributed by atoms with E-state index in [-0.39, 0.29) is 23.1 Å². The van der Waals surface area contributed by atoms with E-state index in [4.69, 9.17) is 4.98 Å². The molecule has 2 saturated heterocycles. The number of nitrogens with one attached hydrogen (secondary N) is 1. The predicted molar refractivity (Wildman–Crippen MR) is 139 cm³/mol. The predicted octanol–water partition coefficient (Wildman–Crippen LogP) is 3.03. The number of hydrogen-bond acceptors (Lipinski definition) is 6. The fourth-order valence-corrected chi connectivity index (χ4v) is 5.67. The van der Waals surface area contributed by atoms with Gasteiger partial charge in [0.05, 0.1) is 22.5 Å². The number of rotatable bonds is 5. The number of aromatic nitrogens is 2. The van der Waals surface area contributed by atoms with Gasteiger partial charge in [-0.3, -0.25) is 14.2 Å². The Bertz CT molecular complexity index is 1420. The van der Waals surface area contributed by atoms with Crippen molar-refractivity contribution in [2.45, 2.75) is 26.8 Å². The number of aromatic carboxylic acids is 1. The maximum absolute atomic E-state index is 13.5. The number of para-hydroxylation sites is 1. The van der Waals surface area contributed by atoms with Crippen LogP contribution in [0.15, 0.2) is 41.2 Å². The van der Waals surface area contributed by atoms with Gasteiger partial charge in [-0.25, -0.2) is 9.78 Å². The molecule has 188 valence electrons. The van der Waals surface area contributed by atoms with Crippen molar-refractivity contribution in [3.8, 4) is 0 Å². The molecule has 36 heavy (non-hydrogen) atoms. The number of benzene rings is 2. The van der Waals surface area contributed by atoms with Gasteiger partial charge in [-0.15, -0.1) is 0 Å². The topological polar surface area (TPSA) is 108 Å². The largest absolute Gasteiger partial charge is 0.478 e. The first-order valence-corrected chi connectivity index (χ1v) is 12.2. The van der Waals surface area contributed by atoms with E-state index in [0.717, 1.165) is 37.3 Å². The highest BCUT2D eigenvalue weighted by Gasteiger charge is 2.42. The second-order valence-electron chi connectivity index (χ2n) is 10.1. The molecule has 0 saturated carbocycles. The highest BCUT2D eigenvalue weighted by Crippen LogP contribution is 2.34. The van der Waals surface area contributed by atoms with Crippen molar-refractivity contribution in [3.63, 3.8) is 0 Å². The summed E-state index contributed by atoms with van der Waals surface area (Å²) < 4.78 is 1.62. The van der Waals surface area contributed by atoms with Crippen LogP contribution in [0.4, 0.5) is 11.6 Å². The zero-order valence-electron chi connectivity index (χ0n) is 21.0. The van der Waals surface area contributed by atoms with Gasteiger partial charge in [0.25, 0.3) is 5.56 Å². The van der Waals surface area contributed by atoms with Crippen molar-refractivity contribution in [3.05, 3.63) is 63.4 Å². The van der Waals surface area contributed by atoms with Gasteiger partial charge in [0.15, 0.2) is 0 Å². The summed E-state index contributed by atoms with van der Waals surface area (Å²) in [5.74, 6) is 0.466. The van der Waals surface area contributed by atoms with Crippen LogP contribution in [0.5, 0.6) is 0 Å². The molecular formula is C27H31N5O4. The molecule has 3 aromatic rings. The molecule has 2 aliphatic heterocycles. The number of amides is 1. The number of hydrogen-bond donors (Lipinski definition) is 2. The number of anilines is 2. The lowest BCUT2D eigenvalue weighted by Crippen LogP contribution is -2.35. The Hall–Kier alpha value is -3.88. The van der Waals surface area contributed by atoms with Crippen LogP contribution < -0.4 is 15.8 Å². The summed E-state index contributed by atoms with van der Waals surface area (Å²) in [5, 5.41) is 13.4. The van der Waals surface area contributed by atoms with Crippen LogP contribution in [0.2, 0.25) is 0 Å². The Kier molecular flexibility index (Phi) is 5.94. The fraction of sp³-hybridized carbons (Fsp3) is 0.407. The number of carbonyl (C=O) groups excluding carboxylic acids is 1. The first-order valence-electron chi connectivity index (χ1n) is 12.2. The SMILES string of the molecule is CC(=O)N1C[C@H]2CN(c3nc4c(C(C)Nc5ccccc5C(=O)O)cc(C)cc4c(=O)n3C)C[C@@H]2C1. The molecule has 3 heterocycles. The van der Waals surface area contributed by atoms with Crippen molar-refractivity contribution in [1.82, 2.24) is 14.5 Å². The molecule has 0 aliphatic carbocycles. The molecule has 5 rings (SSSR count). The first kappa shape index (κ1) is 23.8. The Labute approximate surface area is 209 Å². The minimum Gasteiger partial charge on any atom is -0.478 e. The average Bonchev–Trinajstić information content (AvgIpc) is 3.41. The highest BCUT2D eigenvalue weighted by atomic mass is 16.4. The summed E-state index contributed by atoms with van der Waals surface area (Å²) in [6.45, 7) is 8.49. The van der Waals surface area contributed by atoms with Gasteiger partial charge in [-0.1, -0.05) is 18.2 Å². The van der Waals surface area contributed by atoms with E-state index in [1.54, 1.807) is 42.8 Å². The van der Waals surface area contributed by atoms with Crippen LogP contribution in [0.1, 0.15) is 41.4 Å². The van der Waals surface area contributed by atoms with Gasteiger partial charge in [-0.2, -0.15) is 0 Å². The summed E-state index contributed by atoms with van der Waals surface area (Å²) in [6, 6.07) is 10.4. The lowest BCUT2D eigenvalue weighted by molar-refractivity contribution is -0.128. The normalized spacial score (nSPS) is 20.0. The molecule has 9 heteroatoms. The first-order chi connectivity index (χ1) is 17.1. The van der Waals surface area contributed by atoms with Crippen LogP contribution in [0, 0.1) is 18.8 Å². The summed E-state index contributed by atoms with van der Waals surface area (Å²) >= 11 is 0. The maximum Gasteiger partial charge on any atom is 0.337 e. The average molecular weight is 490 g/mol. The monoisotopic (exact) mass is 489 g/mol. The summed E-state index contributed by atoms with van der Waals surface area (Å²) in [4.78, 5) is 46.1. The minimum absolute atomic E-state index is 0.109. The molecule has 1 amide bonds. The van der Waals surface area contributed by atoms with Crippen molar-refractivity contribution in [1.29, 1.82) is 0 Å². The zero-order chi connectivity index (χ0) is 25.7. The zero-order valence-corrected chi connectivity index (χ0v) is 21.0. The molecule has 9 nitrogen and oxygen atoms in total. The Morgan fingerprint density at radius 2 is 1.78 bits per heavy atom. The van der Waals surface area contributed by atoms with Gasteiger partial charge in [0.2, 0.25) is 11.9 Å². The van der Waals surface area contributed by atoms with E-state index in [2.05, 4.69) is 10.2 Å². The quantitative estimate of drug-likeness (QED) is 0.567. The molecular weight excluding hydrogens is 458 g/mol. The number of carbonyl (C=O) groups is 2. The smallest absolute Gasteiger partial charge is 0.337 e. The Balaban J connectivity index is 1.53. The molecule has 3 atom stereocenters. The molecule has 2 fully saturated rings. The van der Waals surface area contributed by atoms with Crippen LogP contribution in [0.3, 0.4) is 0 Å². The molecule has 0 bridgehead atoms. The standard InChI is InChI=1S/C27H31N5O4/c1-15-9-21(16(2)28-23-8-6-5-7-20(23)26(35)36)24-22(10-15)25(34)30(4)27(29-24)32-13-18-11-31(17(3)33)12-19(18)14-32/h5-10,16,18-19,28H,11-14H2,1-4H3,(H,35,36)/t16?,18-,19-/m0/s1. The molecule has 2 aliphatic rings. The van der Waals surface area contributed by atoms with Crippen LogP contribution in [-0.2, 0) is 11.8 Å². The van der Waals surface area contributed by atoms with Crippen LogP contribution in [-0.4, -0.2) is 57.6 Å². The molecule has 1 aromatic heterocycles. The third-order valence-electron chi connectivity index (χ3n) is 7.54. The van der Waals surface area contributed by atoms with Crippen LogP contribution in [0.25, 0.3) is 10.9 Å². The number of aryl methyl sites for hydroxylation is 1. The molecule has 0 spiro atoms. The van der Waals surface area contributed by atoms with E-state index < -0.39 is 5.97 Å². The van der Waals surface area contributed by atoms with Crippen LogP contribution >= 0.6 is 0 Å². The van der Waals surface area contributed by atoms with Crippen molar-refractivity contribution in [2.75, 3.05) is 36.4 Å². The third-order valence-corrected chi connectivity index (χ3v) is 7.54.